The Morgan fingerprint density at radius 1 is 1.47 bits per heavy atom. The van der Waals surface area contributed by atoms with Gasteiger partial charge in [0.25, 0.3) is 5.56 Å². The Kier molecular flexibility index (Phi) is 2.61. The van der Waals surface area contributed by atoms with Gasteiger partial charge in [-0.05, 0) is 31.2 Å². The van der Waals surface area contributed by atoms with Crippen LogP contribution in [0.15, 0.2) is 29.3 Å². The maximum Gasteiger partial charge on any atom is 0.261 e. The molecule has 3 rings (SSSR count). The van der Waals surface area contributed by atoms with Gasteiger partial charge in [-0.3, -0.25) is 9.36 Å². The smallest absolute Gasteiger partial charge is 0.261 e. The molecule has 88 valence electrons. The summed E-state index contributed by atoms with van der Waals surface area (Å²) >= 11 is 5.88. The van der Waals surface area contributed by atoms with E-state index in [0.29, 0.717) is 15.9 Å². The van der Waals surface area contributed by atoms with Crippen molar-refractivity contribution in [2.45, 2.75) is 12.5 Å². The van der Waals surface area contributed by atoms with Gasteiger partial charge in [0, 0.05) is 11.6 Å². The fourth-order valence-corrected chi connectivity index (χ4v) is 2.41. The summed E-state index contributed by atoms with van der Waals surface area (Å²) in [6, 6.07) is 5.40. The molecule has 1 aliphatic rings. The Morgan fingerprint density at radius 3 is 3.12 bits per heavy atom. The summed E-state index contributed by atoms with van der Waals surface area (Å²) in [5, 5.41) is 4.48. The average Bonchev–Trinajstić information content (AvgIpc) is 2.82. The first-order valence-electron chi connectivity index (χ1n) is 5.63. The lowest BCUT2D eigenvalue weighted by Gasteiger charge is -2.12. The molecule has 1 N–H and O–H groups in total. The van der Waals surface area contributed by atoms with Crippen molar-refractivity contribution in [1.82, 2.24) is 14.9 Å². The van der Waals surface area contributed by atoms with E-state index in [1.54, 1.807) is 29.1 Å². The van der Waals surface area contributed by atoms with Gasteiger partial charge in [-0.15, -0.1) is 0 Å². The molecule has 4 nitrogen and oxygen atoms in total. The number of hydrogen-bond acceptors (Lipinski definition) is 3. The number of benzene rings is 1. The van der Waals surface area contributed by atoms with E-state index in [0.717, 1.165) is 19.5 Å². The second-order valence-electron chi connectivity index (χ2n) is 4.27. The van der Waals surface area contributed by atoms with Crippen LogP contribution >= 0.6 is 11.6 Å². The van der Waals surface area contributed by atoms with Crippen LogP contribution in [0.4, 0.5) is 0 Å². The van der Waals surface area contributed by atoms with Crippen LogP contribution in [-0.4, -0.2) is 22.6 Å². The molecule has 0 amide bonds. The molecule has 0 bridgehead atoms. The Labute approximate surface area is 103 Å². The number of hydrogen-bond donors (Lipinski definition) is 1. The lowest BCUT2D eigenvalue weighted by molar-refractivity contribution is 0.525. The molecule has 0 spiro atoms. The van der Waals surface area contributed by atoms with Crippen LogP contribution in [0.1, 0.15) is 12.5 Å². The van der Waals surface area contributed by atoms with Crippen LogP contribution in [0, 0.1) is 0 Å². The van der Waals surface area contributed by atoms with Crippen LogP contribution in [0.3, 0.4) is 0 Å². The number of nitrogens with zero attached hydrogens (tertiary/aromatic N) is 2. The van der Waals surface area contributed by atoms with Crippen molar-refractivity contribution in [3.63, 3.8) is 0 Å². The van der Waals surface area contributed by atoms with Crippen LogP contribution in [0.25, 0.3) is 10.9 Å². The van der Waals surface area contributed by atoms with Gasteiger partial charge in [-0.2, -0.15) is 0 Å². The van der Waals surface area contributed by atoms with Crippen molar-refractivity contribution in [2.24, 2.45) is 0 Å². The number of fused-ring (bicyclic) bond motifs is 1. The van der Waals surface area contributed by atoms with E-state index in [9.17, 15) is 4.79 Å². The molecule has 1 aromatic carbocycles. The van der Waals surface area contributed by atoms with E-state index >= 15 is 0 Å². The molecule has 1 aliphatic heterocycles. The van der Waals surface area contributed by atoms with Crippen LogP contribution < -0.4 is 10.9 Å². The summed E-state index contributed by atoms with van der Waals surface area (Å²) < 4.78 is 1.72. The van der Waals surface area contributed by atoms with Crippen molar-refractivity contribution in [2.75, 3.05) is 13.1 Å². The summed E-state index contributed by atoms with van der Waals surface area (Å²) in [6.07, 6.45) is 2.60. The van der Waals surface area contributed by atoms with Gasteiger partial charge in [0.05, 0.1) is 23.3 Å². The Balaban J connectivity index is 2.18. The zero-order valence-corrected chi connectivity index (χ0v) is 9.94. The summed E-state index contributed by atoms with van der Waals surface area (Å²) in [6.45, 7) is 1.79. The Hall–Kier alpha value is -1.39. The van der Waals surface area contributed by atoms with Gasteiger partial charge < -0.3 is 5.32 Å². The highest BCUT2D eigenvalue weighted by atomic mass is 35.5. The summed E-state index contributed by atoms with van der Waals surface area (Å²) in [5.41, 5.74) is 0.671. The molecule has 0 aliphatic carbocycles. The second kappa shape index (κ2) is 4.13. The zero-order valence-electron chi connectivity index (χ0n) is 9.19. The van der Waals surface area contributed by atoms with E-state index in [-0.39, 0.29) is 11.6 Å². The highest BCUT2D eigenvalue weighted by Gasteiger charge is 2.18. The van der Waals surface area contributed by atoms with Gasteiger partial charge in [0.2, 0.25) is 0 Å². The van der Waals surface area contributed by atoms with Crippen molar-refractivity contribution < 1.29 is 0 Å². The minimum Gasteiger partial charge on any atom is -0.315 e. The molecule has 1 aromatic heterocycles. The third kappa shape index (κ3) is 1.83. The lowest BCUT2D eigenvalue weighted by Crippen LogP contribution is -2.26. The number of aromatic nitrogens is 2. The van der Waals surface area contributed by atoms with Crippen molar-refractivity contribution in [3.8, 4) is 0 Å². The van der Waals surface area contributed by atoms with Gasteiger partial charge in [-0.1, -0.05) is 11.6 Å². The van der Waals surface area contributed by atoms with Crippen molar-refractivity contribution in [1.29, 1.82) is 0 Å². The molecular formula is C12H12ClN3O. The quantitative estimate of drug-likeness (QED) is 0.835. The second-order valence-corrected chi connectivity index (χ2v) is 4.70. The average molecular weight is 250 g/mol. The molecule has 17 heavy (non-hydrogen) atoms. The first kappa shape index (κ1) is 10.7. The van der Waals surface area contributed by atoms with Gasteiger partial charge in [0.15, 0.2) is 0 Å². The van der Waals surface area contributed by atoms with Gasteiger partial charge in [-0.25, -0.2) is 4.98 Å². The van der Waals surface area contributed by atoms with Crippen LogP contribution in [0.5, 0.6) is 0 Å². The largest absolute Gasteiger partial charge is 0.315 e. The first-order valence-corrected chi connectivity index (χ1v) is 6.00. The molecule has 5 heteroatoms. The fraction of sp³-hybridized carbons (Fsp3) is 0.333. The predicted molar refractivity (Wildman–Crippen MR) is 67.5 cm³/mol. The third-order valence-electron chi connectivity index (χ3n) is 3.17. The van der Waals surface area contributed by atoms with E-state index < -0.39 is 0 Å². The molecule has 1 unspecified atom stereocenters. The highest BCUT2D eigenvalue weighted by Crippen LogP contribution is 2.17. The SMILES string of the molecule is O=c1c2ccc(Cl)cc2ncn1C1CCNC1. The Morgan fingerprint density at radius 2 is 2.35 bits per heavy atom. The van der Waals surface area contributed by atoms with Crippen LogP contribution in [-0.2, 0) is 0 Å². The molecule has 1 fully saturated rings. The summed E-state index contributed by atoms with van der Waals surface area (Å²) in [5.74, 6) is 0. The van der Waals surface area contributed by atoms with E-state index in [1.165, 1.54) is 0 Å². The topological polar surface area (TPSA) is 46.9 Å². The molecule has 0 saturated carbocycles. The number of rotatable bonds is 1. The normalized spacial score (nSPS) is 19.9. The highest BCUT2D eigenvalue weighted by molar-refractivity contribution is 6.31. The van der Waals surface area contributed by atoms with Crippen molar-refractivity contribution >= 4 is 22.5 Å². The first-order chi connectivity index (χ1) is 8.25. The molecular weight excluding hydrogens is 238 g/mol. The maximum absolute atomic E-state index is 12.3. The third-order valence-corrected chi connectivity index (χ3v) is 3.41. The standard InChI is InChI=1S/C12H12ClN3O/c13-8-1-2-10-11(5-8)15-7-16(12(10)17)9-3-4-14-6-9/h1-2,5,7,9,14H,3-4,6H2. The van der Waals surface area contributed by atoms with E-state index in [1.807, 2.05) is 0 Å². The van der Waals surface area contributed by atoms with E-state index in [2.05, 4.69) is 10.3 Å². The molecule has 2 aromatic rings. The van der Waals surface area contributed by atoms with Gasteiger partial charge >= 0.3 is 0 Å². The van der Waals surface area contributed by atoms with E-state index in [4.69, 9.17) is 11.6 Å². The Bertz CT molecular complexity index is 617. The number of halogens is 1. The summed E-state index contributed by atoms with van der Waals surface area (Å²) in [4.78, 5) is 16.6. The van der Waals surface area contributed by atoms with Crippen molar-refractivity contribution in [3.05, 3.63) is 39.9 Å². The molecule has 1 atom stereocenters. The number of nitrogens with one attached hydrogen (secondary N) is 1. The summed E-state index contributed by atoms with van der Waals surface area (Å²) in [7, 11) is 0. The molecule has 0 radical (unpaired) electrons. The zero-order chi connectivity index (χ0) is 11.8. The fourth-order valence-electron chi connectivity index (χ4n) is 2.25. The molecule has 1 saturated heterocycles. The van der Waals surface area contributed by atoms with Gasteiger partial charge in [0.1, 0.15) is 0 Å². The minimum atomic E-state index is 0.0142. The monoisotopic (exact) mass is 249 g/mol. The maximum atomic E-state index is 12.3. The minimum absolute atomic E-state index is 0.0142. The van der Waals surface area contributed by atoms with Crippen LogP contribution in [0.2, 0.25) is 5.02 Å². The predicted octanol–water partition coefficient (Wildman–Crippen LogP) is 1.58. The molecule has 2 heterocycles. The lowest BCUT2D eigenvalue weighted by atomic mass is 10.2.